The zero-order chi connectivity index (χ0) is 16.9. The number of nitrogens with one attached hydrogen (secondary N) is 1. The maximum Gasteiger partial charge on any atom is 0.226 e. The molecule has 1 unspecified atom stereocenters. The van der Waals surface area contributed by atoms with E-state index in [0.717, 1.165) is 49.9 Å². The van der Waals surface area contributed by atoms with Crippen molar-refractivity contribution in [3.63, 3.8) is 0 Å². The summed E-state index contributed by atoms with van der Waals surface area (Å²) < 4.78 is 0. The maximum absolute atomic E-state index is 4.58. The van der Waals surface area contributed by atoms with Gasteiger partial charge in [0.25, 0.3) is 0 Å². The van der Waals surface area contributed by atoms with E-state index in [1.54, 1.807) is 6.20 Å². The van der Waals surface area contributed by atoms with Gasteiger partial charge in [-0.05, 0) is 31.5 Å². The van der Waals surface area contributed by atoms with Gasteiger partial charge in [-0.2, -0.15) is 4.98 Å². The topological polar surface area (TPSA) is 57.2 Å². The van der Waals surface area contributed by atoms with Crippen LogP contribution in [0, 0.1) is 6.92 Å². The second-order valence-electron chi connectivity index (χ2n) is 6.59. The Labute approximate surface area is 143 Å². The number of aromatic nitrogens is 3. The molecule has 3 heterocycles. The summed E-state index contributed by atoms with van der Waals surface area (Å²) in [6, 6.07) is 8.63. The number of nitrogens with zero attached hydrogens (tertiary/aromatic N) is 5. The Kier molecular flexibility index (Phi) is 5.25. The molecule has 2 aromatic rings. The second-order valence-corrected chi connectivity index (χ2v) is 6.59. The molecule has 1 atom stereocenters. The highest BCUT2D eigenvalue weighted by molar-refractivity contribution is 5.41. The third-order valence-electron chi connectivity index (χ3n) is 4.30. The summed E-state index contributed by atoms with van der Waals surface area (Å²) in [7, 11) is 3.91. The lowest BCUT2D eigenvalue weighted by molar-refractivity contribution is 0.339. The maximum atomic E-state index is 4.58. The summed E-state index contributed by atoms with van der Waals surface area (Å²) in [5.74, 6) is 1.64. The number of likely N-dealkylation sites (tertiary alicyclic amines) is 1. The van der Waals surface area contributed by atoms with Gasteiger partial charge in [-0.1, -0.05) is 6.07 Å². The van der Waals surface area contributed by atoms with E-state index in [4.69, 9.17) is 0 Å². The number of aryl methyl sites for hydroxylation is 1. The molecule has 24 heavy (non-hydrogen) atoms. The van der Waals surface area contributed by atoms with Gasteiger partial charge in [0.15, 0.2) is 0 Å². The van der Waals surface area contributed by atoms with E-state index in [9.17, 15) is 0 Å². The third-order valence-corrected chi connectivity index (χ3v) is 4.30. The molecule has 6 nitrogen and oxygen atoms in total. The van der Waals surface area contributed by atoms with Gasteiger partial charge in [-0.15, -0.1) is 0 Å². The van der Waals surface area contributed by atoms with Gasteiger partial charge in [0.05, 0.1) is 0 Å². The van der Waals surface area contributed by atoms with Crippen LogP contribution in [0.2, 0.25) is 0 Å². The van der Waals surface area contributed by atoms with Crippen molar-refractivity contribution in [2.45, 2.75) is 25.8 Å². The van der Waals surface area contributed by atoms with Crippen molar-refractivity contribution in [3.8, 4) is 0 Å². The molecule has 3 rings (SSSR count). The molecule has 1 saturated heterocycles. The Morgan fingerprint density at radius 1 is 1.25 bits per heavy atom. The Balaban J connectivity index is 1.49. The Morgan fingerprint density at radius 3 is 2.92 bits per heavy atom. The van der Waals surface area contributed by atoms with Crippen LogP contribution >= 0.6 is 0 Å². The first-order valence-corrected chi connectivity index (χ1v) is 8.52. The highest BCUT2D eigenvalue weighted by Crippen LogP contribution is 2.16. The smallest absolute Gasteiger partial charge is 0.226 e. The van der Waals surface area contributed by atoms with Gasteiger partial charge in [0, 0.05) is 63.8 Å². The molecule has 0 amide bonds. The molecule has 2 aromatic heterocycles. The van der Waals surface area contributed by atoms with Crippen LogP contribution in [-0.2, 0) is 6.42 Å². The van der Waals surface area contributed by atoms with Crippen LogP contribution in [0.15, 0.2) is 30.5 Å². The lowest BCUT2D eigenvalue weighted by Crippen LogP contribution is -2.28. The Hall–Kier alpha value is -2.21. The second kappa shape index (κ2) is 7.57. The van der Waals surface area contributed by atoms with Crippen molar-refractivity contribution < 1.29 is 0 Å². The van der Waals surface area contributed by atoms with E-state index in [-0.39, 0.29) is 0 Å². The highest BCUT2D eigenvalue weighted by Gasteiger charge is 2.22. The molecule has 1 aliphatic rings. The van der Waals surface area contributed by atoms with Crippen molar-refractivity contribution in [2.75, 3.05) is 43.9 Å². The molecule has 1 fully saturated rings. The predicted molar refractivity (Wildman–Crippen MR) is 97.5 cm³/mol. The zero-order valence-electron chi connectivity index (χ0n) is 14.7. The van der Waals surface area contributed by atoms with Crippen molar-refractivity contribution in [1.29, 1.82) is 0 Å². The molecule has 1 N–H and O–H groups in total. The summed E-state index contributed by atoms with van der Waals surface area (Å²) in [4.78, 5) is 17.8. The van der Waals surface area contributed by atoms with Gasteiger partial charge in [-0.3, -0.25) is 4.98 Å². The first-order valence-electron chi connectivity index (χ1n) is 8.52. The third kappa shape index (κ3) is 4.41. The van der Waals surface area contributed by atoms with Gasteiger partial charge in [-0.25, -0.2) is 4.98 Å². The molecule has 0 radical (unpaired) electrons. The van der Waals surface area contributed by atoms with Gasteiger partial charge >= 0.3 is 0 Å². The fourth-order valence-electron chi connectivity index (χ4n) is 3.02. The fraction of sp³-hybridized carbons (Fsp3) is 0.500. The van der Waals surface area contributed by atoms with E-state index in [1.807, 2.05) is 38.1 Å². The van der Waals surface area contributed by atoms with Gasteiger partial charge < -0.3 is 15.1 Å². The number of hydrogen-bond acceptors (Lipinski definition) is 6. The lowest BCUT2D eigenvalue weighted by atomic mass is 10.2. The van der Waals surface area contributed by atoms with E-state index in [1.165, 1.54) is 5.69 Å². The molecule has 128 valence electrons. The van der Waals surface area contributed by atoms with Crippen LogP contribution in [-0.4, -0.2) is 59.6 Å². The van der Waals surface area contributed by atoms with Crippen LogP contribution in [0.4, 0.5) is 11.8 Å². The summed E-state index contributed by atoms with van der Waals surface area (Å²) in [5.41, 5.74) is 2.27. The van der Waals surface area contributed by atoms with Crippen LogP contribution in [0.5, 0.6) is 0 Å². The number of anilines is 2. The molecular formula is C18H26N6. The van der Waals surface area contributed by atoms with Gasteiger partial charge in [0.2, 0.25) is 5.95 Å². The zero-order valence-corrected chi connectivity index (χ0v) is 14.7. The van der Waals surface area contributed by atoms with Crippen LogP contribution in [0.3, 0.4) is 0 Å². The largest absolute Gasteiger partial charge is 0.366 e. The van der Waals surface area contributed by atoms with Gasteiger partial charge in [0.1, 0.15) is 5.82 Å². The minimum Gasteiger partial charge on any atom is -0.366 e. The standard InChI is InChI=1S/C18H26N6/c1-14-5-4-6-15(20-14)8-11-24-12-9-16(13-24)21-17-7-10-19-18(22-17)23(2)3/h4-7,10,16H,8-9,11-13H2,1-3H3,(H,19,21,22). The van der Waals surface area contributed by atoms with Crippen LogP contribution < -0.4 is 10.2 Å². The summed E-state index contributed by atoms with van der Waals surface area (Å²) in [6.45, 7) is 5.27. The monoisotopic (exact) mass is 326 g/mol. The average molecular weight is 326 g/mol. The van der Waals surface area contributed by atoms with E-state index in [2.05, 4.69) is 37.3 Å². The minimum absolute atomic E-state index is 0.445. The van der Waals surface area contributed by atoms with E-state index in [0.29, 0.717) is 6.04 Å². The summed E-state index contributed by atoms with van der Waals surface area (Å²) in [6.07, 6.45) is 3.95. The molecule has 0 bridgehead atoms. The predicted octanol–water partition coefficient (Wildman–Crippen LogP) is 1.97. The van der Waals surface area contributed by atoms with Crippen molar-refractivity contribution in [1.82, 2.24) is 19.9 Å². The van der Waals surface area contributed by atoms with Crippen LogP contribution in [0.25, 0.3) is 0 Å². The Morgan fingerprint density at radius 2 is 2.12 bits per heavy atom. The lowest BCUT2D eigenvalue weighted by Gasteiger charge is -2.17. The molecule has 0 aliphatic carbocycles. The Bertz CT molecular complexity index is 672. The number of rotatable bonds is 6. The summed E-state index contributed by atoms with van der Waals surface area (Å²) >= 11 is 0. The fourth-order valence-corrected chi connectivity index (χ4v) is 3.02. The molecule has 0 spiro atoms. The molecular weight excluding hydrogens is 300 g/mol. The average Bonchev–Trinajstić information content (AvgIpc) is 3.01. The number of hydrogen-bond donors (Lipinski definition) is 1. The highest BCUT2D eigenvalue weighted by atomic mass is 15.2. The van der Waals surface area contributed by atoms with Crippen molar-refractivity contribution in [3.05, 3.63) is 41.9 Å². The molecule has 0 saturated carbocycles. The van der Waals surface area contributed by atoms with E-state index >= 15 is 0 Å². The first-order chi connectivity index (χ1) is 11.6. The normalized spacial score (nSPS) is 17.9. The van der Waals surface area contributed by atoms with Crippen LogP contribution in [0.1, 0.15) is 17.8 Å². The molecule has 1 aliphatic heterocycles. The first kappa shape index (κ1) is 16.6. The molecule has 6 heteroatoms. The van der Waals surface area contributed by atoms with Crippen molar-refractivity contribution in [2.24, 2.45) is 0 Å². The minimum atomic E-state index is 0.445. The summed E-state index contributed by atoms with van der Waals surface area (Å²) in [5, 5.41) is 3.54. The SMILES string of the molecule is Cc1cccc(CCN2CCC(Nc3ccnc(N(C)C)n3)C2)n1. The quantitative estimate of drug-likeness (QED) is 0.876. The number of pyridine rings is 1. The van der Waals surface area contributed by atoms with Crippen molar-refractivity contribution >= 4 is 11.8 Å². The molecule has 0 aromatic carbocycles. The van der Waals surface area contributed by atoms with E-state index < -0.39 is 0 Å².